The maximum Gasteiger partial charge on any atom is 0.390 e. The molecule has 1 aliphatic rings. The second-order valence-electron chi connectivity index (χ2n) is 7.03. The Bertz CT molecular complexity index is 762. The minimum absolute atomic E-state index is 0.365. The molecule has 0 unspecified atom stereocenters. The first-order valence-electron chi connectivity index (χ1n) is 9.91. The average Bonchev–Trinajstić information content (AvgIpc) is 2.72. The van der Waals surface area contributed by atoms with Crippen molar-refractivity contribution in [3.05, 3.63) is 59.7 Å². The minimum atomic E-state index is -4.25. The fourth-order valence-corrected chi connectivity index (χ4v) is 3.53. The van der Waals surface area contributed by atoms with Crippen molar-refractivity contribution in [1.82, 2.24) is 10.2 Å². The van der Waals surface area contributed by atoms with Crippen LogP contribution >= 0.6 is 0 Å². The lowest BCUT2D eigenvalue weighted by Gasteiger charge is -2.36. The molecule has 0 aliphatic carbocycles. The Morgan fingerprint density at radius 2 is 1.72 bits per heavy atom. The van der Waals surface area contributed by atoms with Gasteiger partial charge in [0, 0.05) is 32.2 Å². The topological polar surface area (TPSA) is 33.7 Å². The van der Waals surface area contributed by atoms with Crippen molar-refractivity contribution in [3.8, 4) is 11.5 Å². The van der Waals surface area contributed by atoms with E-state index >= 15 is 0 Å². The van der Waals surface area contributed by atoms with Crippen LogP contribution in [-0.4, -0.2) is 43.9 Å². The van der Waals surface area contributed by atoms with E-state index in [4.69, 9.17) is 9.47 Å². The van der Waals surface area contributed by atoms with Crippen LogP contribution in [0.25, 0.3) is 0 Å². The highest BCUT2D eigenvalue weighted by Gasteiger charge is 2.36. The van der Waals surface area contributed by atoms with Gasteiger partial charge in [0.2, 0.25) is 0 Å². The lowest BCUT2D eigenvalue weighted by Crippen LogP contribution is -2.46. The van der Waals surface area contributed by atoms with E-state index < -0.39 is 18.6 Å². The van der Waals surface area contributed by atoms with Crippen molar-refractivity contribution in [2.75, 3.05) is 32.8 Å². The molecule has 0 aromatic heterocycles. The van der Waals surface area contributed by atoms with Gasteiger partial charge in [0.25, 0.3) is 0 Å². The van der Waals surface area contributed by atoms with Gasteiger partial charge in [0.1, 0.15) is 6.61 Å². The summed E-state index contributed by atoms with van der Waals surface area (Å²) >= 11 is 0. The van der Waals surface area contributed by atoms with E-state index in [1.807, 2.05) is 42.2 Å². The van der Waals surface area contributed by atoms with Crippen LogP contribution in [0, 0.1) is 0 Å². The Kier molecular flexibility index (Phi) is 7.39. The molecule has 1 fully saturated rings. The number of ether oxygens (including phenoxy) is 2. The largest absolute Gasteiger partial charge is 0.490 e. The van der Waals surface area contributed by atoms with Crippen LogP contribution in [0.15, 0.2) is 48.5 Å². The maximum absolute atomic E-state index is 13.3. The van der Waals surface area contributed by atoms with Crippen LogP contribution in [0.2, 0.25) is 0 Å². The molecule has 7 heteroatoms. The van der Waals surface area contributed by atoms with Gasteiger partial charge in [0.05, 0.1) is 13.0 Å². The highest BCUT2D eigenvalue weighted by molar-refractivity contribution is 5.44. The molecule has 0 spiro atoms. The second-order valence-corrected chi connectivity index (χ2v) is 7.03. The number of hydrogen-bond acceptors (Lipinski definition) is 4. The van der Waals surface area contributed by atoms with Gasteiger partial charge in [-0.1, -0.05) is 36.4 Å². The highest BCUT2D eigenvalue weighted by Crippen LogP contribution is 2.38. The van der Waals surface area contributed by atoms with Crippen LogP contribution < -0.4 is 14.8 Å². The summed E-state index contributed by atoms with van der Waals surface area (Å²) in [6.45, 7) is 5.15. The summed E-state index contributed by atoms with van der Waals surface area (Å²) in [6.07, 6.45) is -5.13. The minimum Gasteiger partial charge on any atom is -0.490 e. The highest BCUT2D eigenvalue weighted by atomic mass is 19.4. The SMILES string of the molecule is CCOc1cc([C@@H](CC(F)(F)F)N2CCNCC2)ccc1OCc1ccccc1. The van der Waals surface area contributed by atoms with Gasteiger partial charge in [-0.25, -0.2) is 0 Å². The first kappa shape index (κ1) is 21.5. The molecule has 3 rings (SSSR count). The fourth-order valence-electron chi connectivity index (χ4n) is 3.53. The van der Waals surface area contributed by atoms with Crippen LogP contribution in [-0.2, 0) is 6.61 Å². The zero-order chi connectivity index (χ0) is 20.7. The number of halogens is 3. The third kappa shape index (κ3) is 6.37. The molecule has 158 valence electrons. The average molecular weight is 408 g/mol. The first-order valence-corrected chi connectivity index (χ1v) is 9.91. The molecule has 1 N–H and O–H groups in total. The van der Waals surface area contributed by atoms with E-state index in [0.29, 0.717) is 56.5 Å². The van der Waals surface area contributed by atoms with Crippen molar-refractivity contribution in [2.24, 2.45) is 0 Å². The molecule has 0 bridgehead atoms. The quantitative estimate of drug-likeness (QED) is 0.694. The van der Waals surface area contributed by atoms with Gasteiger partial charge in [-0.15, -0.1) is 0 Å². The number of rotatable bonds is 8. The van der Waals surface area contributed by atoms with Crippen LogP contribution in [0.1, 0.15) is 30.5 Å². The number of hydrogen-bond donors (Lipinski definition) is 1. The molecule has 1 saturated heterocycles. The molecule has 0 saturated carbocycles. The molecule has 1 heterocycles. The number of piperazine rings is 1. The standard InChI is InChI=1S/C22H27F3N2O2/c1-2-28-21-14-18(8-9-20(21)29-16-17-6-4-3-5-7-17)19(15-22(23,24)25)27-12-10-26-11-13-27/h3-9,14,19,26H,2,10-13,15-16H2,1H3/t19-/m1/s1. The van der Waals surface area contributed by atoms with Gasteiger partial charge < -0.3 is 14.8 Å². The van der Waals surface area contributed by atoms with E-state index in [2.05, 4.69) is 5.32 Å². The molecule has 0 radical (unpaired) electrons. The van der Waals surface area contributed by atoms with Crippen molar-refractivity contribution >= 4 is 0 Å². The summed E-state index contributed by atoms with van der Waals surface area (Å²) in [5, 5.41) is 3.19. The fraction of sp³-hybridized carbons (Fsp3) is 0.455. The Hall–Kier alpha value is -2.25. The zero-order valence-corrected chi connectivity index (χ0v) is 16.5. The summed E-state index contributed by atoms with van der Waals surface area (Å²) in [5.74, 6) is 1.01. The van der Waals surface area contributed by atoms with E-state index in [1.165, 1.54) is 0 Å². The summed E-state index contributed by atoms with van der Waals surface area (Å²) in [5.41, 5.74) is 1.61. The second kappa shape index (κ2) is 9.98. The van der Waals surface area contributed by atoms with E-state index in [1.54, 1.807) is 18.2 Å². The van der Waals surface area contributed by atoms with Gasteiger partial charge in [-0.05, 0) is 30.2 Å². The van der Waals surface area contributed by atoms with Gasteiger partial charge >= 0.3 is 6.18 Å². The Morgan fingerprint density at radius 1 is 1.00 bits per heavy atom. The predicted octanol–water partition coefficient (Wildman–Crippen LogP) is 4.56. The molecule has 0 amide bonds. The van der Waals surface area contributed by atoms with E-state index in [-0.39, 0.29) is 0 Å². The third-order valence-electron chi connectivity index (χ3n) is 4.91. The third-order valence-corrected chi connectivity index (χ3v) is 4.91. The van der Waals surface area contributed by atoms with Crippen LogP contribution in [0.3, 0.4) is 0 Å². The molecule has 4 nitrogen and oxygen atoms in total. The monoisotopic (exact) mass is 408 g/mol. The zero-order valence-electron chi connectivity index (χ0n) is 16.5. The van der Waals surface area contributed by atoms with Gasteiger partial charge in [0.15, 0.2) is 11.5 Å². The molecule has 29 heavy (non-hydrogen) atoms. The molecular formula is C22H27F3N2O2. The van der Waals surface area contributed by atoms with Crippen molar-refractivity contribution in [3.63, 3.8) is 0 Å². The molecule has 2 aromatic carbocycles. The Labute approximate surface area is 169 Å². The van der Waals surface area contributed by atoms with E-state index in [9.17, 15) is 13.2 Å². The van der Waals surface area contributed by atoms with E-state index in [0.717, 1.165) is 5.56 Å². The molecule has 1 atom stereocenters. The van der Waals surface area contributed by atoms with Gasteiger partial charge in [-0.3, -0.25) is 4.90 Å². The lowest BCUT2D eigenvalue weighted by molar-refractivity contribution is -0.148. The maximum atomic E-state index is 13.3. The summed E-state index contributed by atoms with van der Waals surface area (Å²) < 4.78 is 51.4. The molecule has 2 aromatic rings. The smallest absolute Gasteiger partial charge is 0.390 e. The van der Waals surface area contributed by atoms with Crippen LogP contribution in [0.4, 0.5) is 13.2 Å². The molecule has 1 aliphatic heterocycles. The number of nitrogens with one attached hydrogen (secondary N) is 1. The number of nitrogens with zero attached hydrogens (tertiary/aromatic N) is 1. The predicted molar refractivity (Wildman–Crippen MR) is 106 cm³/mol. The van der Waals surface area contributed by atoms with Crippen LogP contribution in [0.5, 0.6) is 11.5 Å². The molecular weight excluding hydrogens is 381 g/mol. The van der Waals surface area contributed by atoms with Crippen molar-refractivity contribution < 1.29 is 22.6 Å². The Morgan fingerprint density at radius 3 is 2.38 bits per heavy atom. The summed E-state index contributed by atoms with van der Waals surface area (Å²) in [6, 6.07) is 14.1. The summed E-state index contributed by atoms with van der Waals surface area (Å²) in [4.78, 5) is 1.89. The summed E-state index contributed by atoms with van der Waals surface area (Å²) in [7, 11) is 0. The van der Waals surface area contributed by atoms with Crippen molar-refractivity contribution in [1.29, 1.82) is 0 Å². The number of benzene rings is 2. The van der Waals surface area contributed by atoms with Gasteiger partial charge in [-0.2, -0.15) is 13.2 Å². The Balaban J connectivity index is 1.83. The first-order chi connectivity index (χ1) is 14.0. The number of alkyl halides is 3. The lowest BCUT2D eigenvalue weighted by atomic mass is 10.00. The van der Waals surface area contributed by atoms with Crippen molar-refractivity contribution in [2.45, 2.75) is 32.2 Å². The normalized spacial score (nSPS) is 16.4.